The molecule has 2 aromatic carbocycles. The van der Waals surface area contributed by atoms with Gasteiger partial charge in [-0.1, -0.05) is 11.6 Å². The number of rotatable bonds is 6. The van der Waals surface area contributed by atoms with Crippen molar-refractivity contribution < 1.29 is 28.7 Å². The number of aliphatic hydroxyl groups is 1. The normalized spacial score (nSPS) is 18.2. The molecule has 0 bridgehead atoms. The molecule has 4 amide bonds. The Kier molecular flexibility index (Phi) is 5.96. The number of benzene rings is 2. The quantitative estimate of drug-likeness (QED) is 0.472. The van der Waals surface area contributed by atoms with Gasteiger partial charge in [0.1, 0.15) is 5.82 Å². The molecule has 0 aliphatic carbocycles. The van der Waals surface area contributed by atoms with Crippen LogP contribution in [0.25, 0.3) is 0 Å². The number of primary amides is 2. The molecular formula is C20H18ClFN4O5. The van der Waals surface area contributed by atoms with Gasteiger partial charge in [-0.05, 0) is 42.0 Å². The van der Waals surface area contributed by atoms with Crippen molar-refractivity contribution in [1.82, 2.24) is 5.32 Å². The number of hydrogen-bond acceptors (Lipinski definition) is 5. The molecule has 1 unspecified atom stereocenters. The van der Waals surface area contributed by atoms with E-state index in [0.717, 1.165) is 17.0 Å². The summed E-state index contributed by atoms with van der Waals surface area (Å²) in [5.41, 5.74) is 8.40. The van der Waals surface area contributed by atoms with Crippen molar-refractivity contribution in [1.29, 1.82) is 0 Å². The molecule has 1 fully saturated rings. The van der Waals surface area contributed by atoms with Crippen LogP contribution in [-0.4, -0.2) is 40.9 Å². The summed E-state index contributed by atoms with van der Waals surface area (Å²) in [5.74, 6) is -4.24. The third kappa shape index (κ3) is 4.49. The van der Waals surface area contributed by atoms with Gasteiger partial charge in [0.15, 0.2) is 0 Å². The topological polar surface area (TPSA) is 156 Å². The average molecular weight is 449 g/mol. The molecule has 1 atom stereocenters. The van der Waals surface area contributed by atoms with Crippen LogP contribution in [0.15, 0.2) is 36.4 Å². The zero-order valence-corrected chi connectivity index (χ0v) is 16.8. The van der Waals surface area contributed by atoms with Gasteiger partial charge in [-0.2, -0.15) is 0 Å². The number of hydrogen-bond donors (Lipinski definition) is 4. The molecule has 11 heteroatoms. The summed E-state index contributed by atoms with van der Waals surface area (Å²) in [6.07, 6.45) is -0.256. The first-order chi connectivity index (χ1) is 14.5. The van der Waals surface area contributed by atoms with Crippen molar-refractivity contribution >= 4 is 40.9 Å². The Bertz CT molecular complexity index is 1060. The highest BCUT2D eigenvalue weighted by Gasteiger charge is 2.51. The molecule has 1 aliphatic heterocycles. The van der Waals surface area contributed by atoms with Crippen LogP contribution in [0.2, 0.25) is 5.02 Å². The number of nitrogens with two attached hydrogens (primary N) is 2. The fourth-order valence-electron chi connectivity index (χ4n) is 3.26. The summed E-state index contributed by atoms with van der Waals surface area (Å²) in [5, 5.41) is 13.2. The van der Waals surface area contributed by atoms with E-state index in [0.29, 0.717) is 5.56 Å². The average Bonchev–Trinajstić information content (AvgIpc) is 3.01. The van der Waals surface area contributed by atoms with E-state index in [2.05, 4.69) is 5.32 Å². The lowest BCUT2D eigenvalue weighted by molar-refractivity contribution is -0.149. The van der Waals surface area contributed by atoms with Crippen molar-refractivity contribution in [3.8, 4) is 0 Å². The summed E-state index contributed by atoms with van der Waals surface area (Å²) in [4.78, 5) is 49.6. The predicted octanol–water partition coefficient (Wildman–Crippen LogP) is 0.461. The fraction of sp³-hybridized carbons (Fsp3) is 0.200. The van der Waals surface area contributed by atoms with E-state index in [1.54, 1.807) is 0 Å². The molecule has 0 saturated carbocycles. The maximum atomic E-state index is 13.4. The summed E-state index contributed by atoms with van der Waals surface area (Å²) in [6.45, 7) is -0.246. The Morgan fingerprint density at radius 3 is 2.26 bits per heavy atom. The van der Waals surface area contributed by atoms with Gasteiger partial charge in [0.05, 0.1) is 0 Å². The van der Waals surface area contributed by atoms with Crippen LogP contribution in [0.3, 0.4) is 0 Å². The van der Waals surface area contributed by atoms with E-state index in [9.17, 15) is 28.7 Å². The molecule has 3 rings (SSSR count). The molecule has 1 saturated heterocycles. The Balaban J connectivity index is 1.81. The van der Waals surface area contributed by atoms with E-state index in [4.69, 9.17) is 23.1 Å². The van der Waals surface area contributed by atoms with Gasteiger partial charge in [0.25, 0.3) is 11.8 Å². The Morgan fingerprint density at radius 1 is 1.10 bits per heavy atom. The summed E-state index contributed by atoms with van der Waals surface area (Å²) < 4.78 is 13.4. The van der Waals surface area contributed by atoms with Gasteiger partial charge >= 0.3 is 0 Å². The van der Waals surface area contributed by atoms with Crippen LogP contribution in [0.5, 0.6) is 0 Å². The fourth-order valence-corrected chi connectivity index (χ4v) is 3.50. The van der Waals surface area contributed by atoms with Gasteiger partial charge in [0, 0.05) is 41.3 Å². The molecule has 0 spiro atoms. The molecule has 31 heavy (non-hydrogen) atoms. The number of nitrogens with zero attached hydrogens (tertiary/aromatic N) is 1. The van der Waals surface area contributed by atoms with Crippen LogP contribution in [0.4, 0.5) is 10.1 Å². The second-order valence-corrected chi connectivity index (χ2v) is 7.46. The standard InChI is InChI=1S/C20H18ClFN4O5/c21-13-3-10(4-14(22)8-13)9-25-18(29)20(31)1-2-26(19(20)30)15-6-11(16(23)27)5-12(7-15)17(24)28/h3-8,31H,1-2,9H2,(H2,23,27)(H2,24,28)(H,25,29). The molecule has 1 heterocycles. The number of halogens is 2. The second kappa shape index (κ2) is 8.32. The van der Waals surface area contributed by atoms with Crippen LogP contribution in [0, 0.1) is 5.82 Å². The van der Waals surface area contributed by atoms with Gasteiger partial charge in [-0.15, -0.1) is 0 Å². The number of amides is 4. The predicted molar refractivity (Wildman–Crippen MR) is 109 cm³/mol. The van der Waals surface area contributed by atoms with Crippen LogP contribution < -0.4 is 21.7 Å². The van der Waals surface area contributed by atoms with Crippen LogP contribution in [-0.2, 0) is 16.1 Å². The first-order valence-corrected chi connectivity index (χ1v) is 9.41. The highest BCUT2D eigenvalue weighted by Crippen LogP contribution is 2.30. The molecule has 9 nitrogen and oxygen atoms in total. The zero-order chi connectivity index (χ0) is 22.9. The molecular weight excluding hydrogens is 431 g/mol. The van der Waals surface area contributed by atoms with Crippen molar-refractivity contribution in [2.24, 2.45) is 11.5 Å². The number of carbonyl (C=O) groups excluding carboxylic acids is 4. The molecule has 0 radical (unpaired) electrons. The Morgan fingerprint density at radius 2 is 1.71 bits per heavy atom. The van der Waals surface area contributed by atoms with E-state index in [1.807, 2.05) is 0 Å². The highest BCUT2D eigenvalue weighted by molar-refractivity contribution is 6.30. The Hall–Kier alpha value is -3.50. The maximum absolute atomic E-state index is 13.4. The van der Waals surface area contributed by atoms with Gasteiger partial charge < -0.3 is 26.8 Å². The molecule has 0 aromatic heterocycles. The van der Waals surface area contributed by atoms with E-state index >= 15 is 0 Å². The number of carbonyl (C=O) groups is 4. The third-order valence-electron chi connectivity index (χ3n) is 4.85. The minimum Gasteiger partial charge on any atom is -0.372 e. The minimum atomic E-state index is -2.40. The van der Waals surface area contributed by atoms with Crippen LogP contribution in [0.1, 0.15) is 32.7 Å². The lowest BCUT2D eigenvalue weighted by Gasteiger charge is -2.22. The summed E-state index contributed by atoms with van der Waals surface area (Å²) in [7, 11) is 0. The molecule has 1 aliphatic rings. The van der Waals surface area contributed by atoms with E-state index in [-0.39, 0.29) is 41.3 Å². The first kappa shape index (κ1) is 22.2. The largest absolute Gasteiger partial charge is 0.372 e. The summed E-state index contributed by atoms with van der Waals surface area (Å²) >= 11 is 5.77. The van der Waals surface area contributed by atoms with Crippen LogP contribution >= 0.6 is 11.6 Å². The van der Waals surface area contributed by atoms with E-state index < -0.39 is 35.0 Å². The van der Waals surface area contributed by atoms with Crippen molar-refractivity contribution in [2.75, 3.05) is 11.4 Å². The van der Waals surface area contributed by atoms with E-state index in [1.165, 1.54) is 24.3 Å². The van der Waals surface area contributed by atoms with Crippen molar-refractivity contribution in [3.63, 3.8) is 0 Å². The SMILES string of the molecule is NC(=O)c1cc(C(N)=O)cc(N2CCC(O)(C(=O)NCc3cc(F)cc(Cl)c3)C2=O)c1. The molecule has 6 N–H and O–H groups in total. The lowest BCUT2D eigenvalue weighted by Crippen LogP contribution is -2.52. The van der Waals surface area contributed by atoms with Gasteiger partial charge in [-0.25, -0.2) is 4.39 Å². The monoisotopic (exact) mass is 448 g/mol. The minimum absolute atomic E-state index is 0.0676. The van der Waals surface area contributed by atoms with Gasteiger partial charge in [0.2, 0.25) is 17.4 Å². The lowest BCUT2D eigenvalue weighted by atomic mass is 10.0. The molecule has 2 aromatic rings. The van der Waals surface area contributed by atoms with Crippen molar-refractivity contribution in [2.45, 2.75) is 18.6 Å². The third-order valence-corrected chi connectivity index (χ3v) is 5.06. The second-order valence-electron chi connectivity index (χ2n) is 7.02. The Labute approximate surface area is 180 Å². The number of nitrogens with one attached hydrogen (secondary N) is 1. The number of anilines is 1. The summed E-state index contributed by atoms with van der Waals surface area (Å²) in [6, 6.07) is 7.37. The smallest absolute Gasteiger partial charge is 0.268 e. The van der Waals surface area contributed by atoms with Crippen molar-refractivity contribution in [3.05, 3.63) is 63.9 Å². The van der Waals surface area contributed by atoms with Gasteiger partial charge in [-0.3, -0.25) is 19.2 Å². The maximum Gasteiger partial charge on any atom is 0.268 e. The molecule has 162 valence electrons. The zero-order valence-electron chi connectivity index (χ0n) is 16.0. The highest BCUT2D eigenvalue weighted by atomic mass is 35.5. The first-order valence-electron chi connectivity index (χ1n) is 9.03.